The molecule has 1 saturated heterocycles. The van der Waals surface area contributed by atoms with E-state index < -0.39 is 0 Å². The Balaban J connectivity index is 2.01. The second kappa shape index (κ2) is 5.76. The summed E-state index contributed by atoms with van der Waals surface area (Å²) >= 11 is 7.32. The molecule has 0 atom stereocenters. The topological polar surface area (TPSA) is 42.2 Å². The molecular formula is C16H23N3S2. The van der Waals surface area contributed by atoms with Crippen LogP contribution in [0.5, 0.6) is 0 Å². The lowest BCUT2D eigenvalue weighted by molar-refractivity contribution is 0.632. The molecule has 0 saturated carbocycles. The third-order valence-corrected chi connectivity index (χ3v) is 5.79. The molecular weight excluding hydrogens is 298 g/mol. The van der Waals surface area contributed by atoms with Crippen LogP contribution in [0.25, 0.3) is 0 Å². The van der Waals surface area contributed by atoms with Crippen LogP contribution in [0.4, 0.5) is 5.82 Å². The number of hydrogen-bond donors (Lipinski definition) is 1. The number of pyridine rings is 1. The quantitative estimate of drug-likeness (QED) is 0.848. The van der Waals surface area contributed by atoms with Gasteiger partial charge in [-0.25, -0.2) is 4.98 Å². The fourth-order valence-corrected chi connectivity index (χ4v) is 4.50. The van der Waals surface area contributed by atoms with Crippen molar-refractivity contribution in [2.45, 2.75) is 44.3 Å². The van der Waals surface area contributed by atoms with Crippen LogP contribution >= 0.6 is 24.0 Å². The smallest absolute Gasteiger partial charge is 0.139 e. The van der Waals surface area contributed by atoms with Crippen molar-refractivity contribution in [3.63, 3.8) is 0 Å². The van der Waals surface area contributed by atoms with E-state index in [4.69, 9.17) is 22.9 Å². The van der Waals surface area contributed by atoms with Gasteiger partial charge in [0.25, 0.3) is 0 Å². The van der Waals surface area contributed by atoms with Crippen LogP contribution in [0.15, 0.2) is 6.07 Å². The Morgan fingerprint density at radius 2 is 2.14 bits per heavy atom. The summed E-state index contributed by atoms with van der Waals surface area (Å²) in [6, 6.07) is 2.20. The summed E-state index contributed by atoms with van der Waals surface area (Å²) in [6.07, 6.45) is 4.69. The first-order valence-corrected chi connectivity index (χ1v) is 9.07. The molecule has 21 heavy (non-hydrogen) atoms. The molecule has 5 heteroatoms. The van der Waals surface area contributed by atoms with E-state index in [1.165, 1.54) is 24.1 Å². The Hall–Kier alpha value is -0.810. The first-order chi connectivity index (χ1) is 9.96. The van der Waals surface area contributed by atoms with Gasteiger partial charge in [-0.1, -0.05) is 12.2 Å². The Labute approximate surface area is 136 Å². The molecule has 1 aliphatic carbocycles. The minimum Gasteiger partial charge on any atom is -0.389 e. The number of thioether (sulfide) groups is 1. The van der Waals surface area contributed by atoms with E-state index in [0.29, 0.717) is 4.99 Å². The van der Waals surface area contributed by atoms with E-state index in [0.717, 1.165) is 43.1 Å². The highest BCUT2D eigenvalue weighted by molar-refractivity contribution is 8.00. The van der Waals surface area contributed by atoms with Crippen LogP contribution in [-0.2, 0) is 12.8 Å². The maximum absolute atomic E-state index is 5.98. The lowest BCUT2D eigenvalue weighted by atomic mass is 9.94. The summed E-state index contributed by atoms with van der Waals surface area (Å²) in [6.45, 7) is 6.61. The molecule has 0 unspecified atom stereocenters. The second-order valence-electron chi connectivity index (χ2n) is 6.57. The monoisotopic (exact) mass is 321 g/mol. The summed E-state index contributed by atoms with van der Waals surface area (Å²) < 4.78 is 0.253. The van der Waals surface area contributed by atoms with E-state index in [1.807, 2.05) is 11.8 Å². The average Bonchev–Trinajstić information content (AvgIpc) is 2.44. The van der Waals surface area contributed by atoms with Crippen LogP contribution in [0.2, 0.25) is 0 Å². The van der Waals surface area contributed by atoms with Gasteiger partial charge in [-0.15, -0.1) is 0 Å². The van der Waals surface area contributed by atoms with Crippen LogP contribution in [0, 0.1) is 0 Å². The maximum atomic E-state index is 5.98. The largest absolute Gasteiger partial charge is 0.389 e. The number of hydrogen-bond acceptors (Lipinski definition) is 4. The van der Waals surface area contributed by atoms with Gasteiger partial charge in [0, 0.05) is 29.3 Å². The van der Waals surface area contributed by atoms with Gasteiger partial charge in [0.05, 0.1) is 5.56 Å². The number of aromatic nitrogens is 1. The predicted molar refractivity (Wildman–Crippen MR) is 95.5 cm³/mol. The van der Waals surface area contributed by atoms with Gasteiger partial charge in [-0.05, 0) is 51.2 Å². The van der Waals surface area contributed by atoms with E-state index in [-0.39, 0.29) is 4.75 Å². The number of fused-ring (bicyclic) bond motifs is 1. The zero-order valence-electron chi connectivity index (χ0n) is 12.8. The molecule has 0 aromatic carbocycles. The fourth-order valence-electron chi connectivity index (χ4n) is 3.24. The average molecular weight is 322 g/mol. The number of rotatable bonds is 2. The molecule has 1 aromatic heterocycles. The SMILES string of the molecule is CC1(C)CN(c2nc3c(cc2C(N)=S)CCCC3)CCS1. The molecule has 1 aromatic rings. The van der Waals surface area contributed by atoms with Gasteiger partial charge in [0.2, 0.25) is 0 Å². The van der Waals surface area contributed by atoms with E-state index in [9.17, 15) is 0 Å². The normalized spacial score (nSPS) is 21.0. The first kappa shape index (κ1) is 15.1. The lowest BCUT2D eigenvalue weighted by Gasteiger charge is -2.39. The fraction of sp³-hybridized carbons (Fsp3) is 0.625. The van der Waals surface area contributed by atoms with Crippen molar-refractivity contribution in [1.82, 2.24) is 4.98 Å². The van der Waals surface area contributed by atoms with E-state index in [2.05, 4.69) is 24.8 Å². The third kappa shape index (κ3) is 3.19. The van der Waals surface area contributed by atoms with Crippen molar-refractivity contribution in [3.8, 4) is 0 Å². The van der Waals surface area contributed by atoms with Gasteiger partial charge < -0.3 is 10.6 Å². The molecule has 0 bridgehead atoms. The van der Waals surface area contributed by atoms with Gasteiger partial charge in [-0.3, -0.25) is 0 Å². The third-order valence-electron chi connectivity index (χ3n) is 4.27. The number of aryl methyl sites for hydroxylation is 2. The molecule has 0 radical (unpaired) electrons. The summed E-state index contributed by atoms with van der Waals surface area (Å²) in [5.74, 6) is 2.14. The van der Waals surface area contributed by atoms with Crippen molar-refractivity contribution in [2.75, 3.05) is 23.7 Å². The van der Waals surface area contributed by atoms with Gasteiger partial charge in [-0.2, -0.15) is 11.8 Å². The van der Waals surface area contributed by atoms with Gasteiger partial charge in [0.15, 0.2) is 0 Å². The zero-order valence-corrected chi connectivity index (χ0v) is 14.4. The predicted octanol–water partition coefficient (Wildman–Crippen LogP) is 2.93. The summed E-state index contributed by atoms with van der Waals surface area (Å²) in [7, 11) is 0. The van der Waals surface area contributed by atoms with Crippen LogP contribution in [-0.4, -0.2) is 33.6 Å². The van der Waals surface area contributed by atoms with Crippen molar-refractivity contribution in [2.24, 2.45) is 5.73 Å². The van der Waals surface area contributed by atoms with Crippen LogP contribution in [0.3, 0.4) is 0 Å². The molecule has 1 aliphatic heterocycles. The number of nitrogens with two attached hydrogens (primary N) is 1. The molecule has 2 N–H and O–H groups in total. The van der Waals surface area contributed by atoms with Crippen LogP contribution in [0.1, 0.15) is 43.5 Å². The first-order valence-electron chi connectivity index (χ1n) is 7.68. The lowest BCUT2D eigenvalue weighted by Crippen LogP contribution is -2.44. The van der Waals surface area contributed by atoms with Crippen molar-refractivity contribution in [1.29, 1.82) is 0 Å². The second-order valence-corrected chi connectivity index (χ2v) is 8.81. The van der Waals surface area contributed by atoms with Crippen molar-refractivity contribution < 1.29 is 0 Å². The van der Waals surface area contributed by atoms with Gasteiger partial charge >= 0.3 is 0 Å². The van der Waals surface area contributed by atoms with Gasteiger partial charge in [0.1, 0.15) is 10.8 Å². The maximum Gasteiger partial charge on any atom is 0.139 e. The highest BCUT2D eigenvalue weighted by atomic mass is 32.2. The number of thiocarbonyl (C=S) groups is 1. The Bertz CT molecular complexity index is 569. The molecule has 0 spiro atoms. The highest BCUT2D eigenvalue weighted by Gasteiger charge is 2.30. The van der Waals surface area contributed by atoms with Crippen LogP contribution < -0.4 is 10.6 Å². The summed E-state index contributed by atoms with van der Waals surface area (Å²) in [5, 5.41) is 0. The van der Waals surface area contributed by atoms with E-state index in [1.54, 1.807) is 0 Å². The summed E-state index contributed by atoms with van der Waals surface area (Å²) in [5.41, 5.74) is 9.55. The molecule has 3 rings (SSSR count). The van der Waals surface area contributed by atoms with Crippen molar-refractivity contribution in [3.05, 3.63) is 22.9 Å². The Morgan fingerprint density at radius 3 is 2.86 bits per heavy atom. The molecule has 114 valence electrons. The molecule has 1 fully saturated rings. The number of anilines is 1. The Morgan fingerprint density at radius 1 is 1.38 bits per heavy atom. The minimum atomic E-state index is 0.253. The Kier molecular flexibility index (Phi) is 4.14. The molecule has 2 aliphatic rings. The highest BCUT2D eigenvalue weighted by Crippen LogP contribution is 2.34. The number of nitrogens with zero attached hydrogens (tertiary/aromatic N) is 2. The standard InChI is InChI=1S/C16H23N3S2/c1-16(2)10-19(7-8-21-16)15-12(14(17)20)9-11-5-3-4-6-13(11)18-15/h9H,3-8,10H2,1-2H3,(H2,17,20). The molecule has 0 amide bonds. The molecule has 2 heterocycles. The molecule has 3 nitrogen and oxygen atoms in total. The van der Waals surface area contributed by atoms with E-state index >= 15 is 0 Å². The summed E-state index contributed by atoms with van der Waals surface area (Å²) in [4.78, 5) is 7.82. The van der Waals surface area contributed by atoms with Crippen molar-refractivity contribution >= 4 is 34.8 Å². The minimum absolute atomic E-state index is 0.253. The zero-order chi connectivity index (χ0) is 15.0.